The van der Waals surface area contributed by atoms with Gasteiger partial charge in [-0.2, -0.15) is 5.26 Å². The molecule has 1 N–H and O–H groups in total. The van der Waals surface area contributed by atoms with E-state index in [1.807, 2.05) is 23.6 Å². The Kier molecular flexibility index (Phi) is 5.48. The van der Waals surface area contributed by atoms with Crippen LogP contribution in [-0.2, 0) is 10.5 Å². The van der Waals surface area contributed by atoms with Gasteiger partial charge in [-0.25, -0.2) is 0 Å². The number of nitrogens with one attached hydrogen (secondary N) is 1. The molecule has 0 saturated carbocycles. The monoisotopic (exact) mass is 484 g/mol. The summed E-state index contributed by atoms with van der Waals surface area (Å²) in [6.07, 6.45) is 1.26. The number of carbonyl (C=O) groups is 1. The highest BCUT2D eigenvalue weighted by Crippen LogP contribution is 2.49. The van der Waals surface area contributed by atoms with Crippen LogP contribution in [0.15, 0.2) is 51.5 Å². The molecule has 1 aromatic heterocycles. The number of benzene rings is 1. The number of ether oxygens (including phenoxy) is 2. The zero-order valence-electron chi connectivity index (χ0n) is 17.7. The molecular formula is C24H21ClN2O3S2. The van der Waals surface area contributed by atoms with Crippen molar-refractivity contribution in [1.82, 2.24) is 5.32 Å². The molecule has 5 rings (SSSR count). The lowest BCUT2D eigenvalue weighted by atomic mass is 9.70. The van der Waals surface area contributed by atoms with Crippen LogP contribution >= 0.6 is 34.7 Å². The van der Waals surface area contributed by atoms with Crippen molar-refractivity contribution in [3.63, 3.8) is 0 Å². The number of nitriles is 1. The molecule has 0 unspecified atom stereocenters. The third kappa shape index (κ3) is 3.81. The Balaban J connectivity index is 1.51. The van der Waals surface area contributed by atoms with Crippen molar-refractivity contribution >= 4 is 40.5 Å². The maximum Gasteiger partial charge on any atom is 0.231 e. The van der Waals surface area contributed by atoms with Gasteiger partial charge in [0.05, 0.1) is 22.6 Å². The average Bonchev–Trinajstić information content (AvgIpc) is 3.41. The Morgan fingerprint density at radius 2 is 2.09 bits per heavy atom. The van der Waals surface area contributed by atoms with E-state index in [1.165, 1.54) is 11.8 Å². The van der Waals surface area contributed by atoms with Crippen LogP contribution in [0.5, 0.6) is 11.5 Å². The first-order chi connectivity index (χ1) is 15.4. The van der Waals surface area contributed by atoms with Crippen molar-refractivity contribution in [3.8, 4) is 17.6 Å². The second kappa shape index (κ2) is 8.18. The molecule has 5 nitrogen and oxygen atoms in total. The number of halogens is 1. The van der Waals surface area contributed by atoms with Crippen LogP contribution in [0.1, 0.15) is 43.0 Å². The van der Waals surface area contributed by atoms with Crippen molar-refractivity contribution in [1.29, 1.82) is 5.26 Å². The molecule has 1 atom stereocenters. The van der Waals surface area contributed by atoms with Crippen LogP contribution < -0.4 is 14.8 Å². The molecule has 0 bridgehead atoms. The first-order valence-corrected chi connectivity index (χ1v) is 12.5. The molecule has 8 heteroatoms. The van der Waals surface area contributed by atoms with Gasteiger partial charge in [0.25, 0.3) is 0 Å². The molecule has 1 aromatic carbocycles. The van der Waals surface area contributed by atoms with E-state index in [9.17, 15) is 10.1 Å². The van der Waals surface area contributed by atoms with E-state index < -0.39 is 0 Å². The van der Waals surface area contributed by atoms with Crippen molar-refractivity contribution < 1.29 is 14.3 Å². The van der Waals surface area contributed by atoms with Crippen LogP contribution in [0.2, 0.25) is 5.02 Å². The summed E-state index contributed by atoms with van der Waals surface area (Å²) < 4.78 is 10.9. The summed E-state index contributed by atoms with van der Waals surface area (Å²) in [6, 6.07) is 10.0. The second-order valence-electron chi connectivity index (χ2n) is 8.85. The predicted octanol–water partition coefficient (Wildman–Crippen LogP) is 6.13. The molecular weight excluding hydrogens is 464 g/mol. The molecule has 0 saturated heterocycles. The summed E-state index contributed by atoms with van der Waals surface area (Å²) in [6.45, 7) is 4.41. The standard InChI is InChI=1S/C24H21ClN2O3S2/c1-24(2)8-16-22(17(28)9-24)21(20-4-3-5-31-20)14(10-26)23(27-16)32-11-13-6-18-19(7-15(13)25)30-12-29-18/h3-7,21,27H,8-9,11-12H2,1-2H3/t21-/m0/s1. The van der Waals surface area contributed by atoms with Gasteiger partial charge in [0, 0.05) is 39.4 Å². The highest BCUT2D eigenvalue weighted by Gasteiger charge is 2.42. The Morgan fingerprint density at radius 3 is 2.81 bits per heavy atom. The Labute approximate surface area is 200 Å². The number of carbonyl (C=O) groups excluding carboxylic acids is 1. The third-order valence-corrected chi connectivity index (χ3v) is 8.22. The number of thioether (sulfide) groups is 1. The normalized spacial score (nSPS) is 21.3. The van der Waals surface area contributed by atoms with Crippen LogP contribution in [0.25, 0.3) is 0 Å². The van der Waals surface area contributed by atoms with Crippen molar-refractivity contribution in [2.45, 2.75) is 38.4 Å². The lowest BCUT2D eigenvalue weighted by molar-refractivity contribution is -0.118. The fourth-order valence-corrected chi connectivity index (χ4v) is 6.65. The average molecular weight is 485 g/mol. The molecule has 3 heterocycles. The molecule has 2 aromatic rings. The molecule has 0 amide bonds. The zero-order valence-corrected chi connectivity index (χ0v) is 20.0. The molecule has 1 aliphatic carbocycles. The van der Waals surface area contributed by atoms with Crippen molar-refractivity contribution in [2.24, 2.45) is 5.41 Å². The Morgan fingerprint density at radius 1 is 1.31 bits per heavy atom. The number of nitrogens with zero attached hydrogens (tertiary/aromatic N) is 1. The molecule has 164 valence electrons. The fourth-order valence-electron chi connectivity index (χ4n) is 4.45. The van der Waals surface area contributed by atoms with Crippen LogP contribution in [0.4, 0.5) is 0 Å². The van der Waals surface area contributed by atoms with E-state index in [4.69, 9.17) is 21.1 Å². The largest absolute Gasteiger partial charge is 0.454 e. The summed E-state index contributed by atoms with van der Waals surface area (Å²) in [5.74, 6) is 1.68. The van der Waals surface area contributed by atoms with E-state index in [2.05, 4.69) is 25.2 Å². The van der Waals surface area contributed by atoms with E-state index in [0.717, 1.165) is 33.2 Å². The van der Waals surface area contributed by atoms with Gasteiger partial charge in [-0.3, -0.25) is 4.79 Å². The quantitative estimate of drug-likeness (QED) is 0.563. The maximum absolute atomic E-state index is 13.2. The topological polar surface area (TPSA) is 71.3 Å². The molecule has 2 aliphatic heterocycles. The third-order valence-electron chi connectivity index (χ3n) is 5.87. The molecule has 32 heavy (non-hydrogen) atoms. The summed E-state index contributed by atoms with van der Waals surface area (Å²) in [7, 11) is 0. The van der Waals surface area contributed by atoms with Gasteiger partial charge in [-0.1, -0.05) is 31.5 Å². The zero-order chi connectivity index (χ0) is 22.5. The number of hydrogen-bond donors (Lipinski definition) is 1. The lowest BCUT2D eigenvalue weighted by Gasteiger charge is -2.38. The van der Waals surface area contributed by atoms with Crippen molar-refractivity contribution in [3.05, 3.63) is 67.0 Å². The summed E-state index contributed by atoms with van der Waals surface area (Å²) in [5.41, 5.74) is 3.04. The summed E-state index contributed by atoms with van der Waals surface area (Å²) in [4.78, 5) is 14.2. The number of hydrogen-bond acceptors (Lipinski definition) is 7. The van der Waals surface area contributed by atoms with Gasteiger partial charge in [0.15, 0.2) is 17.3 Å². The van der Waals surface area contributed by atoms with Crippen LogP contribution in [-0.4, -0.2) is 12.6 Å². The smallest absolute Gasteiger partial charge is 0.231 e. The van der Waals surface area contributed by atoms with Gasteiger partial charge in [-0.05, 0) is 34.9 Å². The predicted molar refractivity (Wildman–Crippen MR) is 127 cm³/mol. The minimum absolute atomic E-state index is 0.122. The van der Waals surface area contributed by atoms with Crippen molar-refractivity contribution in [2.75, 3.05) is 6.79 Å². The molecule has 0 radical (unpaired) electrons. The second-order valence-corrected chi connectivity index (χ2v) is 11.2. The summed E-state index contributed by atoms with van der Waals surface area (Å²) in [5, 5.41) is 17.0. The first kappa shape index (κ1) is 21.4. The number of dihydropyridines is 1. The van der Waals surface area contributed by atoms with E-state index in [1.54, 1.807) is 17.4 Å². The molecule has 3 aliphatic rings. The number of fused-ring (bicyclic) bond motifs is 1. The summed E-state index contributed by atoms with van der Waals surface area (Å²) >= 11 is 9.57. The number of Topliss-reactive ketones (excluding diaryl/α,β-unsaturated/α-hetero) is 1. The van der Waals surface area contributed by atoms with E-state index >= 15 is 0 Å². The van der Waals surface area contributed by atoms with E-state index in [0.29, 0.717) is 34.3 Å². The number of allylic oxidation sites excluding steroid dienone is 3. The van der Waals surface area contributed by atoms with Gasteiger partial charge in [0.1, 0.15) is 0 Å². The molecule has 0 fully saturated rings. The maximum atomic E-state index is 13.2. The SMILES string of the molecule is CC1(C)CC(=O)C2=C(C1)NC(SCc1cc3c(cc1Cl)OCO3)=C(C#N)[C@H]2c1cccs1. The number of rotatable bonds is 4. The first-order valence-electron chi connectivity index (χ1n) is 10.3. The minimum Gasteiger partial charge on any atom is -0.454 e. The van der Waals surface area contributed by atoms with Gasteiger partial charge >= 0.3 is 0 Å². The van der Waals surface area contributed by atoms with Gasteiger partial charge in [0.2, 0.25) is 6.79 Å². The van der Waals surface area contributed by atoms with Gasteiger partial charge < -0.3 is 14.8 Å². The fraction of sp³-hybridized carbons (Fsp3) is 0.333. The minimum atomic E-state index is -0.324. The lowest BCUT2D eigenvalue weighted by Crippen LogP contribution is -2.36. The van der Waals surface area contributed by atoms with Gasteiger partial charge in [-0.15, -0.1) is 23.1 Å². The van der Waals surface area contributed by atoms with E-state index in [-0.39, 0.29) is 23.9 Å². The highest BCUT2D eigenvalue weighted by molar-refractivity contribution is 8.02. The Hall–Kier alpha value is -2.40. The Bertz CT molecular complexity index is 1210. The van der Waals surface area contributed by atoms with Crippen LogP contribution in [0, 0.1) is 16.7 Å². The highest BCUT2D eigenvalue weighted by atomic mass is 35.5. The van der Waals surface area contributed by atoms with Crippen LogP contribution in [0.3, 0.4) is 0 Å². The number of ketones is 1. The number of thiophene rings is 1. The molecule has 0 spiro atoms.